The summed E-state index contributed by atoms with van der Waals surface area (Å²) in [6.45, 7) is 1.89. The molecule has 2 N–H and O–H groups in total. The number of hydrogen-bond donors (Lipinski definition) is 1. The van der Waals surface area contributed by atoms with Gasteiger partial charge in [0.05, 0.1) is 0 Å². The minimum Gasteiger partial charge on any atom is -0.374 e. The number of benzene rings is 1. The first-order valence-corrected chi connectivity index (χ1v) is 7.49. The minimum absolute atomic E-state index is 0. The van der Waals surface area contributed by atoms with E-state index in [1.807, 2.05) is 0 Å². The fraction of sp³-hybridized carbons (Fsp3) is 0.562. The molecule has 1 unspecified atom stereocenters. The zero-order valence-electron chi connectivity index (χ0n) is 12.8. The molecule has 0 saturated heterocycles. The van der Waals surface area contributed by atoms with E-state index in [0.29, 0.717) is 17.9 Å². The van der Waals surface area contributed by atoms with Crippen molar-refractivity contribution in [3.8, 4) is 0 Å². The third kappa shape index (κ3) is 3.62. The highest BCUT2D eigenvalue weighted by molar-refractivity contribution is 14.0. The van der Waals surface area contributed by atoms with E-state index in [2.05, 4.69) is 53.2 Å². The molecule has 1 fully saturated rings. The Morgan fingerprint density at radius 1 is 1.33 bits per heavy atom. The van der Waals surface area contributed by atoms with Crippen LogP contribution in [0, 0.1) is 0 Å². The lowest BCUT2D eigenvalue weighted by Gasteiger charge is -2.32. The van der Waals surface area contributed by atoms with Crippen LogP contribution in [0.3, 0.4) is 0 Å². The van der Waals surface area contributed by atoms with Crippen molar-refractivity contribution in [2.24, 2.45) is 10.7 Å². The number of rotatable bonds is 3. The van der Waals surface area contributed by atoms with Gasteiger partial charge in [-0.25, -0.2) is 0 Å². The molecule has 1 saturated carbocycles. The summed E-state index contributed by atoms with van der Waals surface area (Å²) in [6, 6.07) is 9.28. The lowest BCUT2D eigenvalue weighted by Crippen LogP contribution is -2.36. The van der Waals surface area contributed by atoms with Gasteiger partial charge in [-0.1, -0.05) is 18.2 Å². The van der Waals surface area contributed by atoms with Crippen molar-refractivity contribution in [1.29, 1.82) is 0 Å². The smallest absolute Gasteiger partial charge is 0.191 e. The van der Waals surface area contributed by atoms with Gasteiger partial charge in [-0.3, -0.25) is 4.99 Å². The van der Waals surface area contributed by atoms with Crippen LogP contribution in [0.15, 0.2) is 29.3 Å². The van der Waals surface area contributed by atoms with Crippen LogP contribution in [-0.4, -0.2) is 44.1 Å². The van der Waals surface area contributed by atoms with Gasteiger partial charge < -0.3 is 15.5 Å². The van der Waals surface area contributed by atoms with Crippen LogP contribution < -0.4 is 10.6 Å². The summed E-state index contributed by atoms with van der Waals surface area (Å²) < 4.78 is 0. The second-order valence-electron chi connectivity index (χ2n) is 6.01. The van der Waals surface area contributed by atoms with Crippen molar-refractivity contribution in [1.82, 2.24) is 4.90 Å². The van der Waals surface area contributed by atoms with Gasteiger partial charge in [-0.15, -0.1) is 24.0 Å². The number of halogens is 1. The van der Waals surface area contributed by atoms with Gasteiger partial charge in [-0.05, 0) is 30.9 Å². The van der Waals surface area contributed by atoms with Gasteiger partial charge in [0.15, 0.2) is 5.96 Å². The van der Waals surface area contributed by atoms with E-state index in [4.69, 9.17) is 5.73 Å². The summed E-state index contributed by atoms with van der Waals surface area (Å²) in [5.74, 6) is 1.19. The normalized spacial score (nSPS) is 21.5. The third-order valence-electron chi connectivity index (χ3n) is 4.53. The maximum absolute atomic E-state index is 6.09. The molecule has 1 aromatic rings. The van der Waals surface area contributed by atoms with Gasteiger partial charge in [0.2, 0.25) is 0 Å². The molecule has 0 radical (unpaired) electrons. The number of fused-ring (bicyclic) bond motifs is 1. The van der Waals surface area contributed by atoms with Gasteiger partial charge >= 0.3 is 0 Å². The van der Waals surface area contributed by atoms with E-state index >= 15 is 0 Å². The first-order chi connectivity index (χ1) is 9.66. The van der Waals surface area contributed by atoms with E-state index in [1.165, 1.54) is 24.1 Å². The second kappa shape index (κ2) is 6.85. The third-order valence-corrected chi connectivity index (χ3v) is 4.53. The van der Waals surface area contributed by atoms with Crippen LogP contribution in [0.1, 0.15) is 30.7 Å². The minimum atomic E-state index is 0. The summed E-state index contributed by atoms with van der Waals surface area (Å²) in [5, 5.41) is 0. The highest BCUT2D eigenvalue weighted by Gasteiger charge is 2.28. The highest BCUT2D eigenvalue weighted by atomic mass is 127. The van der Waals surface area contributed by atoms with E-state index < -0.39 is 0 Å². The fourth-order valence-corrected chi connectivity index (χ4v) is 2.96. The molecule has 1 heterocycles. The van der Waals surface area contributed by atoms with Crippen molar-refractivity contribution >= 4 is 35.6 Å². The number of nitrogens with two attached hydrogens (primary N) is 1. The maximum atomic E-state index is 6.09. The largest absolute Gasteiger partial charge is 0.374 e. The molecule has 3 rings (SSSR count). The topological polar surface area (TPSA) is 44.9 Å². The van der Waals surface area contributed by atoms with Crippen molar-refractivity contribution in [3.63, 3.8) is 0 Å². The molecule has 21 heavy (non-hydrogen) atoms. The highest BCUT2D eigenvalue weighted by Crippen LogP contribution is 2.34. The molecule has 0 spiro atoms. The molecule has 0 aromatic heterocycles. The van der Waals surface area contributed by atoms with Crippen LogP contribution in [0.2, 0.25) is 0 Å². The predicted octanol–water partition coefficient (Wildman–Crippen LogP) is 2.64. The van der Waals surface area contributed by atoms with Crippen LogP contribution in [-0.2, 0) is 0 Å². The van der Waals surface area contributed by atoms with E-state index in [1.54, 1.807) is 0 Å². The summed E-state index contributed by atoms with van der Waals surface area (Å²) in [6.07, 6.45) is 3.66. The standard InChI is InChI=1S/C16H24N4.HI/c1-19-10-9-12(14-5-3-4-6-15(14)19)11-18-16(17)20(2)13-7-8-13;/h3-6,12-13H,7-11H2,1-2H3,(H2,17,18);1H. The molecular formula is C16H25IN4. The van der Waals surface area contributed by atoms with Gasteiger partial charge in [0.1, 0.15) is 0 Å². The van der Waals surface area contributed by atoms with E-state index in [-0.39, 0.29) is 24.0 Å². The predicted molar refractivity (Wildman–Crippen MR) is 99.8 cm³/mol. The number of para-hydroxylation sites is 1. The number of aliphatic imine (C=N–C) groups is 1. The Kier molecular flexibility index (Phi) is 5.35. The van der Waals surface area contributed by atoms with Crippen molar-refractivity contribution in [3.05, 3.63) is 29.8 Å². The summed E-state index contributed by atoms with van der Waals surface area (Å²) >= 11 is 0. The quantitative estimate of drug-likeness (QED) is 0.482. The SMILES string of the molecule is CN1CCC(CN=C(N)N(C)C2CC2)c2ccccc21.I. The van der Waals surface area contributed by atoms with Crippen LogP contribution in [0.25, 0.3) is 0 Å². The summed E-state index contributed by atoms with van der Waals surface area (Å²) in [7, 11) is 4.21. The Hall–Kier alpha value is -0.980. The lowest BCUT2D eigenvalue weighted by molar-refractivity contribution is 0.484. The first kappa shape index (κ1) is 16.4. The average Bonchev–Trinajstić information content (AvgIpc) is 3.30. The number of hydrogen-bond acceptors (Lipinski definition) is 2. The number of anilines is 1. The zero-order valence-corrected chi connectivity index (χ0v) is 15.2. The Morgan fingerprint density at radius 2 is 2.05 bits per heavy atom. The van der Waals surface area contributed by atoms with Crippen molar-refractivity contribution in [2.75, 3.05) is 32.1 Å². The molecule has 1 aliphatic carbocycles. The maximum Gasteiger partial charge on any atom is 0.191 e. The summed E-state index contributed by atoms with van der Waals surface area (Å²) in [5.41, 5.74) is 8.84. The molecule has 2 aliphatic rings. The Labute approximate surface area is 144 Å². The van der Waals surface area contributed by atoms with Gasteiger partial charge in [-0.2, -0.15) is 0 Å². The van der Waals surface area contributed by atoms with E-state index in [9.17, 15) is 0 Å². The van der Waals surface area contributed by atoms with Crippen LogP contribution in [0.5, 0.6) is 0 Å². The molecule has 1 atom stereocenters. The number of nitrogens with zero attached hydrogens (tertiary/aromatic N) is 3. The molecule has 4 nitrogen and oxygen atoms in total. The Morgan fingerprint density at radius 3 is 2.76 bits per heavy atom. The number of guanidine groups is 1. The Balaban J connectivity index is 0.00000161. The van der Waals surface area contributed by atoms with Gasteiger partial charge in [0, 0.05) is 44.8 Å². The molecule has 0 bridgehead atoms. The van der Waals surface area contributed by atoms with Gasteiger partial charge in [0.25, 0.3) is 0 Å². The zero-order chi connectivity index (χ0) is 14.1. The van der Waals surface area contributed by atoms with Crippen molar-refractivity contribution < 1.29 is 0 Å². The average molecular weight is 400 g/mol. The molecule has 1 aromatic carbocycles. The van der Waals surface area contributed by atoms with Crippen LogP contribution >= 0.6 is 24.0 Å². The molecular weight excluding hydrogens is 375 g/mol. The molecule has 1 aliphatic heterocycles. The second-order valence-corrected chi connectivity index (χ2v) is 6.01. The first-order valence-electron chi connectivity index (χ1n) is 7.49. The summed E-state index contributed by atoms with van der Waals surface area (Å²) in [4.78, 5) is 9.09. The van der Waals surface area contributed by atoms with Crippen LogP contribution in [0.4, 0.5) is 5.69 Å². The lowest BCUT2D eigenvalue weighted by atomic mass is 9.90. The molecule has 0 amide bonds. The van der Waals surface area contributed by atoms with E-state index in [0.717, 1.165) is 19.5 Å². The Bertz CT molecular complexity index is 513. The monoisotopic (exact) mass is 400 g/mol. The fourth-order valence-electron chi connectivity index (χ4n) is 2.96. The molecule has 116 valence electrons. The van der Waals surface area contributed by atoms with Crippen molar-refractivity contribution in [2.45, 2.75) is 31.2 Å². The molecule has 5 heteroatoms.